The minimum absolute atomic E-state index is 0.0572. The molecule has 0 saturated carbocycles. The Morgan fingerprint density at radius 1 is 1.50 bits per heavy atom. The zero-order valence-corrected chi connectivity index (χ0v) is 8.71. The fraction of sp³-hybridized carbons (Fsp3) is 0.700. The Hall–Kier alpha value is -0.870. The summed E-state index contributed by atoms with van der Waals surface area (Å²) in [6, 6.07) is 0. The second kappa shape index (κ2) is 5.78. The largest absolute Gasteiger partial charge is 0.379 e. The van der Waals surface area contributed by atoms with Crippen molar-refractivity contribution >= 4 is 5.91 Å². The monoisotopic (exact) mass is 198 g/mol. The van der Waals surface area contributed by atoms with E-state index in [9.17, 15) is 4.79 Å². The van der Waals surface area contributed by atoms with Crippen LogP contribution in [0.5, 0.6) is 0 Å². The molecule has 1 N–H and O–H groups in total. The molecule has 0 atom stereocenters. The van der Waals surface area contributed by atoms with Gasteiger partial charge >= 0.3 is 0 Å². The molecule has 0 aromatic rings. The van der Waals surface area contributed by atoms with Gasteiger partial charge in [0.2, 0.25) is 5.91 Å². The Labute approximate surface area is 84.9 Å². The number of carbonyl (C=O) groups is 1. The predicted octanol–water partition coefficient (Wildman–Crippen LogP) is 0.0109. The van der Waals surface area contributed by atoms with E-state index >= 15 is 0 Å². The summed E-state index contributed by atoms with van der Waals surface area (Å²) >= 11 is 0. The molecule has 1 rings (SSSR count). The number of hydrogen-bond donors (Lipinski definition) is 1. The normalized spacial score (nSPS) is 17.8. The first-order chi connectivity index (χ1) is 6.70. The van der Waals surface area contributed by atoms with E-state index in [1.165, 1.54) is 0 Å². The molecule has 0 radical (unpaired) electrons. The molecule has 0 aromatic heterocycles. The molecule has 0 bridgehead atoms. The Bertz CT molecular complexity index is 210. The van der Waals surface area contributed by atoms with Gasteiger partial charge in [-0.25, -0.2) is 0 Å². The van der Waals surface area contributed by atoms with Gasteiger partial charge in [0.05, 0.1) is 13.2 Å². The SMILES string of the molecule is C=C(C)C(=O)NCCN1CCOCC1. The second-order valence-electron chi connectivity index (χ2n) is 3.49. The lowest BCUT2D eigenvalue weighted by atomic mass is 10.3. The first-order valence-electron chi connectivity index (χ1n) is 4.94. The van der Waals surface area contributed by atoms with Crippen molar-refractivity contribution in [2.45, 2.75) is 6.92 Å². The number of morpholine rings is 1. The molecular weight excluding hydrogens is 180 g/mol. The summed E-state index contributed by atoms with van der Waals surface area (Å²) in [5.74, 6) is -0.0572. The van der Waals surface area contributed by atoms with Crippen LogP contribution in [-0.4, -0.2) is 50.2 Å². The maximum absolute atomic E-state index is 11.1. The van der Waals surface area contributed by atoms with Gasteiger partial charge in [-0.2, -0.15) is 0 Å². The third kappa shape index (κ3) is 3.89. The highest BCUT2D eigenvalue weighted by molar-refractivity contribution is 5.92. The van der Waals surface area contributed by atoms with Gasteiger partial charge < -0.3 is 10.1 Å². The lowest BCUT2D eigenvalue weighted by molar-refractivity contribution is -0.117. The van der Waals surface area contributed by atoms with Gasteiger partial charge in [-0.05, 0) is 6.92 Å². The van der Waals surface area contributed by atoms with Crippen LogP contribution in [0, 0.1) is 0 Å². The standard InChI is InChI=1S/C10H18N2O2/c1-9(2)10(13)11-3-4-12-5-7-14-8-6-12/h1,3-8H2,2H3,(H,11,13). The van der Waals surface area contributed by atoms with E-state index in [-0.39, 0.29) is 5.91 Å². The van der Waals surface area contributed by atoms with E-state index in [0.717, 1.165) is 32.8 Å². The van der Waals surface area contributed by atoms with Crippen molar-refractivity contribution in [1.82, 2.24) is 10.2 Å². The molecule has 1 aliphatic rings. The third-order valence-corrected chi connectivity index (χ3v) is 2.20. The third-order valence-electron chi connectivity index (χ3n) is 2.20. The maximum atomic E-state index is 11.1. The van der Waals surface area contributed by atoms with Gasteiger partial charge in [0.1, 0.15) is 0 Å². The maximum Gasteiger partial charge on any atom is 0.246 e. The van der Waals surface area contributed by atoms with Gasteiger partial charge in [0, 0.05) is 31.8 Å². The summed E-state index contributed by atoms with van der Waals surface area (Å²) in [6.07, 6.45) is 0. The quantitative estimate of drug-likeness (QED) is 0.647. The highest BCUT2D eigenvalue weighted by Gasteiger charge is 2.09. The smallest absolute Gasteiger partial charge is 0.246 e. The minimum atomic E-state index is -0.0572. The van der Waals surface area contributed by atoms with Crippen molar-refractivity contribution in [3.05, 3.63) is 12.2 Å². The first-order valence-corrected chi connectivity index (χ1v) is 4.94. The van der Waals surface area contributed by atoms with Crippen molar-refractivity contribution < 1.29 is 9.53 Å². The van der Waals surface area contributed by atoms with Gasteiger partial charge in [-0.15, -0.1) is 0 Å². The molecule has 1 amide bonds. The van der Waals surface area contributed by atoms with Gasteiger partial charge in [0.15, 0.2) is 0 Å². The average Bonchev–Trinajstić information content (AvgIpc) is 2.19. The molecule has 4 nitrogen and oxygen atoms in total. The Balaban J connectivity index is 2.08. The summed E-state index contributed by atoms with van der Waals surface area (Å²) in [6.45, 7) is 10.4. The van der Waals surface area contributed by atoms with Crippen LogP contribution >= 0.6 is 0 Å². The molecule has 0 spiro atoms. The number of nitrogens with zero attached hydrogens (tertiary/aromatic N) is 1. The number of rotatable bonds is 4. The summed E-state index contributed by atoms with van der Waals surface area (Å²) in [5.41, 5.74) is 0.562. The molecule has 4 heteroatoms. The molecule has 1 aliphatic heterocycles. The second-order valence-corrected chi connectivity index (χ2v) is 3.49. The zero-order valence-electron chi connectivity index (χ0n) is 8.71. The first kappa shape index (κ1) is 11.2. The lowest BCUT2D eigenvalue weighted by Gasteiger charge is -2.26. The number of amides is 1. The predicted molar refractivity (Wildman–Crippen MR) is 55.1 cm³/mol. The van der Waals surface area contributed by atoms with Gasteiger partial charge in [0.25, 0.3) is 0 Å². The van der Waals surface area contributed by atoms with E-state index in [4.69, 9.17) is 4.74 Å². The highest BCUT2D eigenvalue weighted by atomic mass is 16.5. The Morgan fingerprint density at radius 2 is 2.14 bits per heavy atom. The van der Waals surface area contributed by atoms with E-state index < -0.39 is 0 Å². The lowest BCUT2D eigenvalue weighted by Crippen LogP contribution is -2.41. The number of ether oxygens (including phenoxy) is 1. The molecular formula is C10H18N2O2. The summed E-state index contributed by atoms with van der Waals surface area (Å²) < 4.78 is 5.22. The van der Waals surface area contributed by atoms with Crippen molar-refractivity contribution in [3.8, 4) is 0 Å². The molecule has 1 fully saturated rings. The van der Waals surface area contributed by atoms with Crippen LogP contribution in [0.3, 0.4) is 0 Å². The number of carbonyl (C=O) groups excluding carboxylic acids is 1. The summed E-state index contributed by atoms with van der Waals surface area (Å²) in [7, 11) is 0. The van der Waals surface area contributed by atoms with Crippen LogP contribution in [0.1, 0.15) is 6.92 Å². The van der Waals surface area contributed by atoms with E-state index in [0.29, 0.717) is 12.1 Å². The molecule has 0 unspecified atom stereocenters. The number of nitrogens with one attached hydrogen (secondary N) is 1. The Kier molecular flexibility index (Phi) is 4.62. The van der Waals surface area contributed by atoms with Crippen LogP contribution in [0.2, 0.25) is 0 Å². The van der Waals surface area contributed by atoms with Gasteiger partial charge in [-0.3, -0.25) is 9.69 Å². The van der Waals surface area contributed by atoms with E-state index in [1.807, 2.05) is 0 Å². The van der Waals surface area contributed by atoms with Crippen LogP contribution in [0.15, 0.2) is 12.2 Å². The summed E-state index contributed by atoms with van der Waals surface area (Å²) in [4.78, 5) is 13.4. The van der Waals surface area contributed by atoms with Crippen LogP contribution in [-0.2, 0) is 9.53 Å². The molecule has 0 aromatic carbocycles. The van der Waals surface area contributed by atoms with Crippen molar-refractivity contribution in [2.24, 2.45) is 0 Å². The minimum Gasteiger partial charge on any atom is -0.379 e. The van der Waals surface area contributed by atoms with Crippen molar-refractivity contribution in [3.63, 3.8) is 0 Å². The van der Waals surface area contributed by atoms with Crippen LogP contribution < -0.4 is 5.32 Å². The average molecular weight is 198 g/mol. The topological polar surface area (TPSA) is 41.6 Å². The van der Waals surface area contributed by atoms with Crippen molar-refractivity contribution in [2.75, 3.05) is 39.4 Å². The van der Waals surface area contributed by atoms with Crippen LogP contribution in [0.25, 0.3) is 0 Å². The molecule has 14 heavy (non-hydrogen) atoms. The van der Waals surface area contributed by atoms with Crippen LogP contribution in [0.4, 0.5) is 0 Å². The summed E-state index contributed by atoms with van der Waals surface area (Å²) in [5, 5.41) is 2.81. The fourth-order valence-electron chi connectivity index (χ4n) is 1.30. The van der Waals surface area contributed by atoms with E-state index in [2.05, 4.69) is 16.8 Å². The molecule has 1 saturated heterocycles. The Morgan fingerprint density at radius 3 is 2.71 bits per heavy atom. The van der Waals surface area contributed by atoms with E-state index in [1.54, 1.807) is 6.92 Å². The zero-order chi connectivity index (χ0) is 10.4. The van der Waals surface area contributed by atoms with Gasteiger partial charge in [-0.1, -0.05) is 6.58 Å². The number of hydrogen-bond acceptors (Lipinski definition) is 3. The molecule has 80 valence electrons. The molecule has 0 aliphatic carbocycles. The highest BCUT2D eigenvalue weighted by Crippen LogP contribution is 1.95. The molecule has 1 heterocycles. The fourth-order valence-corrected chi connectivity index (χ4v) is 1.30. The van der Waals surface area contributed by atoms with Crippen molar-refractivity contribution in [1.29, 1.82) is 0 Å².